The van der Waals surface area contributed by atoms with Crippen LogP contribution in [0.3, 0.4) is 0 Å². The normalized spacial score (nSPS) is 29.4. The van der Waals surface area contributed by atoms with Gasteiger partial charge in [0, 0.05) is 25.1 Å². The van der Waals surface area contributed by atoms with Gasteiger partial charge in [-0.2, -0.15) is 0 Å². The number of nitrogens with zero attached hydrogens (tertiary/aromatic N) is 3. The van der Waals surface area contributed by atoms with Gasteiger partial charge in [0.1, 0.15) is 5.82 Å². The molecule has 19 heavy (non-hydrogen) atoms. The lowest BCUT2D eigenvalue weighted by Gasteiger charge is -2.37. The molecule has 3 aliphatic heterocycles. The molecule has 6 heteroatoms. The van der Waals surface area contributed by atoms with Crippen LogP contribution in [0.15, 0.2) is 0 Å². The monoisotopic (exact) mass is 280 g/mol. The minimum Gasteiger partial charge on any atom is -0.377 e. The number of morpholine rings is 1. The average molecular weight is 281 g/mol. The number of fused-ring (bicyclic) bond motifs is 3. The lowest BCUT2D eigenvalue weighted by molar-refractivity contribution is 0.0900. The Kier molecular flexibility index (Phi) is 2.86. The van der Waals surface area contributed by atoms with Crippen LogP contribution in [-0.2, 0) is 17.7 Å². The number of halogens is 1. The van der Waals surface area contributed by atoms with Crippen LogP contribution in [0, 0.1) is 0 Å². The van der Waals surface area contributed by atoms with Crippen LogP contribution in [0.25, 0.3) is 0 Å². The summed E-state index contributed by atoms with van der Waals surface area (Å²) < 4.78 is 5.65. The van der Waals surface area contributed by atoms with Crippen LogP contribution in [0.4, 0.5) is 5.82 Å². The van der Waals surface area contributed by atoms with Crippen molar-refractivity contribution in [1.29, 1.82) is 0 Å². The van der Waals surface area contributed by atoms with Crippen LogP contribution in [0.2, 0.25) is 5.28 Å². The summed E-state index contributed by atoms with van der Waals surface area (Å²) in [4.78, 5) is 11.4. The molecule has 5 nitrogen and oxygen atoms in total. The van der Waals surface area contributed by atoms with E-state index in [9.17, 15) is 0 Å². The van der Waals surface area contributed by atoms with Crippen LogP contribution in [0.5, 0.6) is 0 Å². The van der Waals surface area contributed by atoms with E-state index in [-0.39, 0.29) is 0 Å². The molecule has 4 heterocycles. The lowest BCUT2D eigenvalue weighted by atomic mass is 10.1. The van der Waals surface area contributed by atoms with Crippen molar-refractivity contribution < 1.29 is 4.74 Å². The Balaban J connectivity index is 1.80. The van der Waals surface area contributed by atoms with Crippen LogP contribution < -0.4 is 10.2 Å². The first-order chi connectivity index (χ1) is 9.33. The van der Waals surface area contributed by atoms with E-state index in [1.165, 1.54) is 18.4 Å². The quantitative estimate of drug-likeness (QED) is 0.782. The van der Waals surface area contributed by atoms with Gasteiger partial charge in [-0.15, -0.1) is 0 Å². The summed E-state index contributed by atoms with van der Waals surface area (Å²) >= 11 is 6.12. The van der Waals surface area contributed by atoms with E-state index in [2.05, 4.69) is 20.2 Å². The van der Waals surface area contributed by atoms with E-state index >= 15 is 0 Å². The zero-order chi connectivity index (χ0) is 12.8. The van der Waals surface area contributed by atoms with Gasteiger partial charge in [0.05, 0.1) is 31.0 Å². The van der Waals surface area contributed by atoms with Crippen LogP contribution in [0.1, 0.15) is 24.1 Å². The maximum atomic E-state index is 6.12. The maximum Gasteiger partial charge on any atom is 0.224 e. The highest BCUT2D eigenvalue weighted by atomic mass is 35.5. The largest absolute Gasteiger partial charge is 0.377 e. The molecule has 1 N–H and O–H groups in total. The van der Waals surface area contributed by atoms with Gasteiger partial charge in [-0.1, -0.05) is 0 Å². The standard InChI is InChI=1S/C13H17ClN4O/c14-13-16-11-3-4-15-5-10(11)12(17-13)18-8-1-2-9(18)7-19-6-8/h8-9,15H,1-7H2. The fourth-order valence-corrected chi connectivity index (χ4v) is 3.67. The number of hydrogen-bond acceptors (Lipinski definition) is 5. The van der Waals surface area contributed by atoms with Gasteiger partial charge < -0.3 is 15.0 Å². The van der Waals surface area contributed by atoms with Crippen molar-refractivity contribution in [2.24, 2.45) is 0 Å². The summed E-state index contributed by atoms with van der Waals surface area (Å²) in [6.07, 6.45) is 3.31. The zero-order valence-corrected chi connectivity index (χ0v) is 11.5. The smallest absolute Gasteiger partial charge is 0.224 e. The third kappa shape index (κ3) is 1.91. The fourth-order valence-electron chi connectivity index (χ4n) is 3.48. The second kappa shape index (κ2) is 4.58. The van der Waals surface area contributed by atoms with Gasteiger partial charge >= 0.3 is 0 Å². The SMILES string of the molecule is Clc1nc2c(c(N3C4CCC3COC4)n1)CNCC2. The molecule has 4 rings (SSSR count). The highest BCUT2D eigenvalue weighted by Gasteiger charge is 2.39. The van der Waals surface area contributed by atoms with Gasteiger partial charge in [0.15, 0.2) is 0 Å². The molecule has 2 unspecified atom stereocenters. The number of ether oxygens (including phenoxy) is 1. The Morgan fingerprint density at radius 1 is 1.21 bits per heavy atom. The molecule has 102 valence electrons. The minimum atomic E-state index is 0.376. The van der Waals surface area contributed by atoms with E-state index in [0.29, 0.717) is 17.4 Å². The second-order valence-electron chi connectivity index (χ2n) is 5.50. The number of aromatic nitrogens is 2. The molecule has 3 aliphatic rings. The van der Waals surface area contributed by atoms with Gasteiger partial charge in [-0.05, 0) is 24.4 Å². The molecule has 0 saturated carbocycles. The Bertz CT molecular complexity index is 494. The van der Waals surface area contributed by atoms with E-state index in [1.54, 1.807) is 0 Å². The van der Waals surface area contributed by atoms with Crippen molar-refractivity contribution in [2.45, 2.75) is 37.9 Å². The molecule has 1 aromatic rings. The fraction of sp³-hybridized carbons (Fsp3) is 0.692. The van der Waals surface area contributed by atoms with Gasteiger partial charge in [0.25, 0.3) is 0 Å². The molecule has 0 spiro atoms. The van der Waals surface area contributed by atoms with Crippen LogP contribution >= 0.6 is 11.6 Å². The molecule has 2 saturated heterocycles. The summed E-state index contributed by atoms with van der Waals surface area (Å²) in [7, 11) is 0. The Morgan fingerprint density at radius 2 is 2.00 bits per heavy atom. The molecule has 2 bridgehead atoms. The predicted molar refractivity (Wildman–Crippen MR) is 72.6 cm³/mol. The van der Waals surface area contributed by atoms with E-state index < -0.39 is 0 Å². The number of anilines is 1. The van der Waals surface area contributed by atoms with E-state index in [0.717, 1.165) is 44.2 Å². The second-order valence-corrected chi connectivity index (χ2v) is 5.84. The Labute approximate surface area is 117 Å². The van der Waals surface area contributed by atoms with Crippen molar-refractivity contribution >= 4 is 17.4 Å². The third-order valence-corrected chi connectivity index (χ3v) is 4.54. The predicted octanol–water partition coefficient (Wildman–Crippen LogP) is 1.14. The molecule has 0 radical (unpaired) electrons. The van der Waals surface area contributed by atoms with Crippen molar-refractivity contribution in [1.82, 2.24) is 15.3 Å². The Hall–Kier alpha value is -0.910. The number of hydrogen-bond donors (Lipinski definition) is 1. The summed E-state index contributed by atoms with van der Waals surface area (Å²) in [5, 5.41) is 3.79. The third-order valence-electron chi connectivity index (χ3n) is 4.37. The number of nitrogens with one attached hydrogen (secondary N) is 1. The van der Waals surface area contributed by atoms with Crippen molar-refractivity contribution in [3.05, 3.63) is 16.5 Å². The maximum absolute atomic E-state index is 6.12. The molecular weight excluding hydrogens is 264 g/mol. The van der Waals surface area contributed by atoms with Crippen molar-refractivity contribution in [3.63, 3.8) is 0 Å². The molecule has 0 aromatic carbocycles. The summed E-state index contributed by atoms with van der Waals surface area (Å²) in [6, 6.07) is 0.909. The highest BCUT2D eigenvalue weighted by molar-refractivity contribution is 6.28. The molecular formula is C13H17ClN4O. The van der Waals surface area contributed by atoms with Gasteiger partial charge in [-0.25, -0.2) is 9.97 Å². The zero-order valence-electron chi connectivity index (χ0n) is 10.7. The molecule has 1 aromatic heterocycles. The first-order valence-corrected chi connectivity index (χ1v) is 7.33. The van der Waals surface area contributed by atoms with E-state index in [1.807, 2.05) is 0 Å². The highest BCUT2D eigenvalue weighted by Crippen LogP contribution is 2.36. The number of rotatable bonds is 1. The van der Waals surface area contributed by atoms with Crippen molar-refractivity contribution in [2.75, 3.05) is 24.7 Å². The average Bonchev–Trinajstić information content (AvgIpc) is 2.67. The first-order valence-electron chi connectivity index (χ1n) is 6.95. The summed E-state index contributed by atoms with van der Waals surface area (Å²) in [6.45, 7) is 3.43. The topological polar surface area (TPSA) is 50.3 Å². The summed E-state index contributed by atoms with van der Waals surface area (Å²) in [5.41, 5.74) is 2.34. The molecule has 0 aliphatic carbocycles. The minimum absolute atomic E-state index is 0.376. The van der Waals surface area contributed by atoms with Crippen molar-refractivity contribution in [3.8, 4) is 0 Å². The molecule has 2 fully saturated rings. The van der Waals surface area contributed by atoms with Gasteiger partial charge in [0.2, 0.25) is 5.28 Å². The lowest BCUT2D eigenvalue weighted by Crippen LogP contribution is -2.47. The first kappa shape index (κ1) is 11.9. The van der Waals surface area contributed by atoms with Crippen LogP contribution in [-0.4, -0.2) is 41.8 Å². The molecule has 0 amide bonds. The van der Waals surface area contributed by atoms with Gasteiger partial charge in [-0.3, -0.25) is 0 Å². The summed E-state index contributed by atoms with van der Waals surface area (Å²) in [5.74, 6) is 1.04. The van der Waals surface area contributed by atoms with E-state index in [4.69, 9.17) is 16.3 Å². The Morgan fingerprint density at radius 3 is 2.79 bits per heavy atom. The molecule has 2 atom stereocenters.